The first-order chi connectivity index (χ1) is 10.2. The molecule has 1 aliphatic heterocycles. The number of rotatable bonds is 3. The molecular formula is C15H16N2O4. The maximum absolute atomic E-state index is 12.2. The molecule has 2 aromatic rings. The molecule has 0 spiro atoms. The first kappa shape index (κ1) is 13.5. The highest BCUT2D eigenvalue weighted by atomic mass is 16.4. The van der Waals surface area contributed by atoms with E-state index in [0.717, 1.165) is 12.8 Å². The first-order valence-electron chi connectivity index (χ1n) is 6.89. The van der Waals surface area contributed by atoms with E-state index in [-0.39, 0.29) is 11.9 Å². The number of carboxylic acid groups (broad SMARTS) is 1. The van der Waals surface area contributed by atoms with Gasteiger partial charge in [0.1, 0.15) is 5.69 Å². The van der Waals surface area contributed by atoms with Crippen molar-refractivity contribution >= 4 is 11.9 Å². The van der Waals surface area contributed by atoms with Crippen molar-refractivity contribution in [1.29, 1.82) is 0 Å². The summed E-state index contributed by atoms with van der Waals surface area (Å²) < 4.78 is 6.91. The molecule has 110 valence electrons. The van der Waals surface area contributed by atoms with Gasteiger partial charge in [0.05, 0.1) is 6.26 Å². The minimum atomic E-state index is -0.922. The zero-order chi connectivity index (χ0) is 14.8. The maximum atomic E-state index is 12.2. The predicted octanol–water partition coefficient (Wildman–Crippen LogP) is 2.26. The van der Waals surface area contributed by atoms with Crippen LogP contribution in [0.4, 0.5) is 0 Å². The minimum Gasteiger partial charge on any atom is -0.477 e. The van der Waals surface area contributed by atoms with Gasteiger partial charge in [-0.15, -0.1) is 0 Å². The lowest BCUT2D eigenvalue weighted by molar-refractivity contribution is 0.0634. The van der Waals surface area contributed by atoms with Gasteiger partial charge in [-0.1, -0.05) is 0 Å². The van der Waals surface area contributed by atoms with Crippen LogP contribution in [0.2, 0.25) is 0 Å². The summed E-state index contributed by atoms with van der Waals surface area (Å²) >= 11 is 0. The lowest BCUT2D eigenvalue weighted by Gasteiger charge is -2.32. The Morgan fingerprint density at radius 2 is 1.95 bits per heavy atom. The number of carboxylic acids is 1. The Kier molecular flexibility index (Phi) is 3.51. The van der Waals surface area contributed by atoms with Crippen molar-refractivity contribution in [3.05, 3.63) is 48.2 Å². The summed E-state index contributed by atoms with van der Waals surface area (Å²) in [7, 11) is 0. The van der Waals surface area contributed by atoms with Gasteiger partial charge in [-0.3, -0.25) is 4.79 Å². The molecule has 1 fully saturated rings. The number of hydrogen-bond donors (Lipinski definition) is 1. The molecule has 1 aliphatic rings. The number of likely N-dealkylation sites (tertiary alicyclic amines) is 1. The van der Waals surface area contributed by atoms with Gasteiger partial charge in [0.2, 0.25) is 0 Å². The number of carbonyl (C=O) groups excluding carboxylic acids is 1. The number of amides is 1. The van der Waals surface area contributed by atoms with Crippen LogP contribution >= 0.6 is 0 Å². The lowest BCUT2D eigenvalue weighted by Crippen LogP contribution is -2.39. The summed E-state index contributed by atoms with van der Waals surface area (Å²) in [6, 6.07) is 6.81. The largest absolute Gasteiger partial charge is 0.477 e. The Labute approximate surface area is 121 Å². The van der Waals surface area contributed by atoms with Crippen LogP contribution in [0.5, 0.6) is 0 Å². The zero-order valence-electron chi connectivity index (χ0n) is 11.4. The van der Waals surface area contributed by atoms with Crippen molar-refractivity contribution in [2.75, 3.05) is 13.1 Å². The van der Waals surface area contributed by atoms with Crippen molar-refractivity contribution in [2.24, 2.45) is 0 Å². The Hall–Kier alpha value is -2.50. The van der Waals surface area contributed by atoms with Crippen molar-refractivity contribution in [3.63, 3.8) is 0 Å². The van der Waals surface area contributed by atoms with Crippen LogP contribution in [-0.2, 0) is 0 Å². The molecule has 21 heavy (non-hydrogen) atoms. The molecule has 1 saturated heterocycles. The molecule has 0 radical (unpaired) electrons. The van der Waals surface area contributed by atoms with Crippen LogP contribution in [0.25, 0.3) is 0 Å². The lowest BCUT2D eigenvalue weighted by atomic mass is 10.0. The molecule has 6 heteroatoms. The van der Waals surface area contributed by atoms with Gasteiger partial charge in [0, 0.05) is 25.3 Å². The molecule has 0 atom stereocenters. The highest BCUT2D eigenvalue weighted by Crippen LogP contribution is 2.25. The fraction of sp³-hybridized carbons (Fsp3) is 0.333. The van der Waals surface area contributed by atoms with Crippen LogP contribution < -0.4 is 0 Å². The molecule has 1 amide bonds. The van der Waals surface area contributed by atoms with Crippen molar-refractivity contribution in [1.82, 2.24) is 9.47 Å². The Morgan fingerprint density at radius 1 is 1.19 bits per heavy atom. The van der Waals surface area contributed by atoms with Gasteiger partial charge in [-0.25, -0.2) is 4.79 Å². The number of aromatic carboxylic acids is 1. The second-order valence-corrected chi connectivity index (χ2v) is 5.11. The second kappa shape index (κ2) is 5.47. The molecule has 0 aliphatic carbocycles. The number of nitrogens with zero attached hydrogens (tertiary/aromatic N) is 2. The molecule has 2 aromatic heterocycles. The summed E-state index contributed by atoms with van der Waals surface area (Å²) in [6.45, 7) is 1.20. The number of carbonyl (C=O) groups is 2. The summed E-state index contributed by atoms with van der Waals surface area (Å²) in [5.74, 6) is -0.681. The van der Waals surface area contributed by atoms with Gasteiger partial charge in [0.25, 0.3) is 5.91 Å². The molecule has 3 heterocycles. The predicted molar refractivity (Wildman–Crippen MR) is 74.3 cm³/mol. The van der Waals surface area contributed by atoms with Gasteiger partial charge in [-0.2, -0.15) is 0 Å². The Morgan fingerprint density at radius 3 is 2.57 bits per heavy atom. The zero-order valence-corrected chi connectivity index (χ0v) is 11.4. The molecule has 3 rings (SSSR count). The van der Waals surface area contributed by atoms with Crippen LogP contribution in [-0.4, -0.2) is 39.5 Å². The van der Waals surface area contributed by atoms with Crippen LogP contribution in [0.3, 0.4) is 0 Å². The van der Waals surface area contributed by atoms with Crippen molar-refractivity contribution in [3.8, 4) is 0 Å². The van der Waals surface area contributed by atoms with E-state index in [1.54, 1.807) is 39.9 Å². The number of piperidine rings is 1. The summed E-state index contributed by atoms with van der Waals surface area (Å²) in [5.41, 5.74) is 0.297. The summed E-state index contributed by atoms with van der Waals surface area (Å²) in [6.07, 6.45) is 4.75. The first-order valence-corrected chi connectivity index (χ1v) is 6.89. The molecule has 0 aromatic carbocycles. The third kappa shape index (κ3) is 2.56. The van der Waals surface area contributed by atoms with E-state index in [4.69, 9.17) is 9.52 Å². The van der Waals surface area contributed by atoms with Crippen LogP contribution in [0, 0.1) is 0 Å². The normalized spacial score (nSPS) is 16.1. The van der Waals surface area contributed by atoms with Gasteiger partial charge in [0.15, 0.2) is 5.76 Å². The van der Waals surface area contributed by atoms with E-state index >= 15 is 0 Å². The summed E-state index contributed by atoms with van der Waals surface area (Å²) in [4.78, 5) is 25.1. The van der Waals surface area contributed by atoms with E-state index in [0.29, 0.717) is 24.5 Å². The SMILES string of the molecule is O=C(O)c1cccn1C1CCN(C(=O)c2ccco2)CC1. The Balaban J connectivity index is 1.66. The minimum absolute atomic E-state index is 0.107. The topological polar surface area (TPSA) is 75.7 Å². The number of aromatic nitrogens is 1. The molecule has 6 nitrogen and oxygen atoms in total. The molecular weight excluding hydrogens is 272 g/mol. The maximum Gasteiger partial charge on any atom is 0.352 e. The van der Waals surface area contributed by atoms with Gasteiger partial charge in [-0.05, 0) is 37.1 Å². The molecule has 1 N–H and O–H groups in total. The smallest absolute Gasteiger partial charge is 0.352 e. The molecule has 0 bridgehead atoms. The third-order valence-corrected chi connectivity index (χ3v) is 3.88. The van der Waals surface area contributed by atoms with Crippen molar-refractivity contribution < 1.29 is 19.1 Å². The van der Waals surface area contributed by atoms with E-state index in [2.05, 4.69) is 0 Å². The van der Waals surface area contributed by atoms with Crippen molar-refractivity contribution in [2.45, 2.75) is 18.9 Å². The van der Waals surface area contributed by atoms with Gasteiger partial charge >= 0.3 is 5.97 Å². The average molecular weight is 288 g/mol. The number of furan rings is 1. The quantitative estimate of drug-likeness (QED) is 0.940. The molecule has 0 unspecified atom stereocenters. The fourth-order valence-corrected chi connectivity index (χ4v) is 2.80. The third-order valence-electron chi connectivity index (χ3n) is 3.88. The Bertz CT molecular complexity index is 636. The van der Waals surface area contributed by atoms with E-state index in [9.17, 15) is 9.59 Å². The van der Waals surface area contributed by atoms with Crippen LogP contribution in [0.1, 0.15) is 39.9 Å². The van der Waals surface area contributed by atoms with E-state index in [1.807, 2.05) is 0 Å². The van der Waals surface area contributed by atoms with E-state index in [1.165, 1.54) is 6.26 Å². The summed E-state index contributed by atoms with van der Waals surface area (Å²) in [5, 5.41) is 9.15. The highest BCUT2D eigenvalue weighted by molar-refractivity contribution is 5.91. The monoisotopic (exact) mass is 288 g/mol. The van der Waals surface area contributed by atoms with Crippen LogP contribution in [0.15, 0.2) is 41.1 Å². The number of hydrogen-bond acceptors (Lipinski definition) is 3. The fourth-order valence-electron chi connectivity index (χ4n) is 2.80. The molecule has 0 saturated carbocycles. The van der Waals surface area contributed by atoms with Gasteiger partial charge < -0.3 is 19.0 Å². The average Bonchev–Trinajstić information content (AvgIpc) is 3.18. The standard InChI is InChI=1S/C15H16N2O4/c18-14(13-4-2-10-21-13)16-8-5-11(6-9-16)17-7-1-3-12(17)15(19)20/h1-4,7,10-11H,5-6,8-9H2,(H,19,20). The van der Waals surface area contributed by atoms with E-state index < -0.39 is 5.97 Å². The highest BCUT2D eigenvalue weighted by Gasteiger charge is 2.27. The second-order valence-electron chi connectivity index (χ2n) is 5.11.